The van der Waals surface area contributed by atoms with Crippen molar-refractivity contribution in [1.82, 2.24) is 0 Å². The fraction of sp³-hybridized carbons (Fsp3) is 0.364. The Kier molecular flexibility index (Phi) is 4.13. The Morgan fingerprint density at radius 1 is 1.43 bits per heavy atom. The molecule has 14 heavy (non-hydrogen) atoms. The highest BCUT2D eigenvalue weighted by molar-refractivity contribution is 5.94. The first kappa shape index (κ1) is 10.7. The van der Waals surface area contributed by atoms with Crippen LogP contribution in [0.25, 0.3) is 0 Å². The standard InChI is InChI=1S/C11H15NO2/c1-3-10(14-2)11(13)12-9-7-5-4-6-8-9/h4-8,10H,3H2,1-2H3,(H,12,13). The highest BCUT2D eigenvalue weighted by atomic mass is 16.5. The van der Waals surface area contributed by atoms with Crippen molar-refractivity contribution in [2.24, 2.45) is 0 Å². The van der Waals surface area contributed by atoms with E-state index in [2.05, 4.69) is 5.32 Å². The molecule has 1 N–H and O–H groups in total. The van der Waals surface area contributed by atoms with E-state index in [9.17, 15) is 4.79 Å². The van der Waals surface area contributed by atoms with E-state index in [1.165, 1.54) is 0 Å². The van der Waals surface area contributed by atoms with Crippen molar-refractivity contribution in [1.29, 1.82) is 0 Å². The first-order valence-corrected chi connectivity index (χ1v) is 4.66. The van der Waals surface area contributed by atoms with Crippen LogP contribution in [0.2, 0.25) is 0 Å². The largest absolute Gasteiger partial charge is 0.372 e. The van der Waals surface area contributed by atoms with Crippen LogP contribution in [0.15, 0.2) is 30.3 Å². The molecule has 0 spiro atoms. The van der Waals surface area contributed by atoms with Crippen molar-refractivity contribution in [3.63, 3.8) is 0 Å². The molecule has 3 nitrogen and oxygen atoms in total. The lowest BCUT2D eigenvalue weighted by molar-refractivity contribution is -0.125. The average molecular weight is 193 g/mol. The van der Waals surface area contributed by atoms with Gasteiger partial charge < -0.3 is 10.1 Å². The van der Waals surface area contributed by atoms with Crippen LogP contribution >= 0.6 is 0 Å². The molecule has 1 rings (SSSR count). The van der Waals surface area contributed by atoms with Crippen molar-refractivity contribution in [2.75, 3.05) is 12.4 Å². The van der Waals surface area contributed by atoms with Gasteiger partial charge in [0.1, 0.15) is 6.10 Å². The van der Waals surface area contributed by atoms with Gasteiger partial charge in [-0.1, -0.05) is 25.1 Å². The van der Waals surface area contributed by atoms with Crippen LogP contribution in [0.5, 0.6) is 0 Å². The summed E-state index contributed by atoms with van der Waals surface area (Å²) in [4.78, 5) is 11.5. The lowest BCUT2D eigenvalue weighted by Gasteiger charge is -2.12. The van der Waals surface area contributed by atoms with E-state index in [0.29, 0.717) is 6.42 Å². The molecule has 1 amide bonds. The fourth-order valence-electron chi connectivity index (χ4n) is 1.20. The van der Waals surface area contributed by atoms with Crippen molar-refractivity contribution in [2.45, 2.75) is 19.4 Å². The van der Waals surface area contributed by atoms with E-state index < -0.39 is 0 Å². The number of ether oxygens (including phenoxy) is 1. The van der Waals surface area contributed by atoms with Gasteiger partial charge in [0.2, 0.25) is 0 Å². The Morgan fingerprint density at radius 2 is 2.07 bits per heavy atom. The summed E-state index contributed by atoms with van der Waals surface area (Å²) < 4.78 is 5.02. The maximum atomic E-state index is 11.5. The number of benzene rings is 1. The molecule has 1 aromatic carbocycles. The van der Waals surface area contributed by atoms with E-state index in [1.807, 2.05) is 37.3 Å². The maximum Gasteiger partial charge on any atom is 0.253 e. The summed E-state index contributed by atoms with van der Waals surface area (Å²) in [7, 11) is 1.54. The average Bonchev–Trinajstić information content (AvgIpc) is 2.21. The number of methoxy groups -OCH3 is 1. The first-order valence-electron chi connectivity index (χ1n) is 4.66. The first-order chi connectivity index (χ1) is 6.77. The number of rotatable bonds is 4. The van der Waals surface area contributed by atoms with Gasteiger partial charge in [-0.25, -0.2) is 0 Å². The van der Waals surface area contributed by atoms with Crippen LogP contribution in [-0.4, -0.2) is 19.1 Å². The minimum atomic E-state index is -0.366. The van der Waals surface area contributed by atoms with Crippen molar-refractivity contribution in [3.8, 4) is 0 Å². The molecule has 3 heteroatoms. The zero-order valence-electron chi connectivity index (χ0n) is 8.49. The van der Waals surface area contributed by atoms with E-state index in [0.717, 1.165) is 5.69 Å². The van der Waals surface area contributed by atoms with Gasteiger partial charge in [0.25, 0.3) is 5.91 Å². The zero-order valence-corrected chi connectivity index (χ0v) is 8.49. The molecule has 0 aliphatic heterocycles. The van der Waals surface area contributed by atoms with E-state index in [1.54, 1.807) is 7.11 Å². The third-order valence-electron chi connectivity index (χ3n) is 1.99. The second-order valence-electron chi connectivity index (χ2n) is 2.99. The van der Waals surface area contributed by atoms with Crippen molar-refractivity contribution in [3.05, 3.63) is 30.3 Å². The Morgan fingerprint density at radius 3 is 2.57 bits per heavy atom. The number of anilines is 1. The van der Waals surface area contributed by atoms with Crippen LogP contribution < -0.4 is 5.32 Å². The molecule has 0 saturated heterocycles. The van der Waals surface area contributed by atoms with Gasteiger partial charge in [0, 0.05) is 12.8 Å². The topological polar surface area (TPSA) is 38.3 Å². The highest BCUT2D eigenvalue weighted by Gasteiger charge is 2.14. The molecule has 0 bridgehead atoms. The zero-order chi connectivity index (χ0) is 10.4. The molecular weight excluding hydrogens is 178 g/mol. The molecule has 0 saturated carbocycles. The van der Waals surface area contributed by atoms with E-state index in [-0.39, 0.29) is 12.0 Å². The molecule has 76 valence electrons. The van der Waals surface area contributed by atoms with Gasteiger partial charge in [-0.2, -0.15) is 0 Å². The maximum absolute atomic E-state index is 11.5. The third-order valence-corrected chi connectivity index (χ3v) is 1.99. The molecule has 0 aromatic heterocycles. The van der Waals surface area contributed by atoms with Crippen LogP contribution in [0.4, 0.5) is 5.69 Å². The number of para-hydroxylation sites is 1. The smallest absolute Gasteiger partial charge is 0.253 e. The monoisotopic (exact) mass is 193 g/mol. The summed E-state index contributed by atoms with van der Waals surface area (Å²) in [5, 5.41) is 2.78. The number of hydrogen-bond acceptors (Lipinski definition) is 2. The van der Waals surface area contributed by atoms with Crippen molar-refractivity contribution < 1.29 is 9.53 Å². The molecular formula is C11H15NO2. The predicted octanol–water partition coefficient (Wildman–Crippen LogP) is 2.05. The predicted molar refractivity (Wildman–Crippen MR) is 56.2 cm³/mol. The Bertz CT molecular complexity index is 281. The van der Waals surface area contributed by atoms with Crippen molar-refractivity contribution >= 4 is 11.6 Å². The normalized spacial score (nSPS) is 12.1. The van der Waals surface area contributed by atoms with E-state index >= 15 is 0 Å². The molecule has 0 radical (unpaired) electrons. The Balaban J connectivity index is 2.57. The summed E-state index contributed by atoms with van der Waals surface area (Å²) in [6.07, 6.45) is 0.310. The molecule has 0 aliphatic carbocycles. The summed E-state index contributed by atoms with van der Waals surface area (Å²) in [5.41, 5.74) is 0.799. The van der Waals surface area contributed by atoms with Crippen LogP contribution in [0.1, 0.15) is 13.3 Å². The third kappa shape index (κ3) is 2.85. The Labute approximate surface area is 84.1 Å². The molecule has 1 atom stereocenters. The van der Waals surface area contributed by atoms with E-state index in [4.69, 9.17) is 4.74 Å². The Hall–Kier alpha value is -1.35. The van der Waals surface area contributed by atoms with Gasteiger partial charge >= 0.3 is 0 Å². The molecule has 0 aliphatic rings. The minimum absolute atomic E-state index is 0.0961. The number of carbonyl (C=O) groups is 1. The molecule has 0 heterocycles. The van der Waals surface area contributed by atoms with Crippen LogP contribution in [0, 0.1) is 0 Å². The van der Waals surface area contributed by atoms with Gasteiger partial charge in [-0.05, 0) is 18.6 Å². The number of amides is 1. The lowest BCUT2D eigenvalue weighted by Crippen LogP contribution is -2.28. The highest BCUT2D eigenvalue weighted by Crippen LogP contribution is 2.07. The second-order valence-corrected chi connectivity index (χ2v) is 2.99. The summed E-state index contributed by atoms with van der Waals surface area (Å²) in [6.45, 7) is 1.92. The van der Waals surface area contributed by atoms with Gasteiger partial charge in [-0.15, -0.1) is 0 Å². The molecule has 1 aromatic rings. The quantitative estimate of drug-likeness (QED) is 0.794. The lowest BCUT2D eigenvalue weighted by atomic mass is 10.2. The van der Waals surface area contributed by atoms with Crippen LogP contribution in [0.3, 0.4) is 0 Å². The van der Waals surface area contributed by atoms with Gasteiger partial charge in [0.05, 0.1) is 0 Å². The van der Waals surface area contributed by atoms with Gasteiger partial charge in [0.15, 0.2) is 0 Å². The minimum Gasteiger partial charge on any atom is -0.372 e. The van der Waals surface area contributed by atoms with Crippen LogP contribution in [-0.2, 0) is 9.53 Å². The number of hydrogen-bond donors (Lipinski definition) is 1. The second kappa shape index (κ2) is 5.40. The summed E-state index contributed by atoms with van der Waals surface area (Å²) in [6, 6.07) is 9.36. The number of carbonyl (C=O) groups excluding carboxylic acids is 1. The summed E-state index contributed by atoms with van der Waals surface area (Å²) >= 11 is 0. The fourth-order valence-corrected chi connectivity index (χ4v) is 1.20. The molecule has 0 fully saturated rings. The summed E-state index contributed by atoms with van der Waals surface area (Å²) in [5.74, 6) is -0.0961. The SMILES string of the molecule is CCC(OC)C(=O)Nc1ccccc1. The van der Waals surface area contributed by atoms with Gasteiger partial charge in [-0.3, -0.25) is 4.79 Å². The molecule has 1 unspecified atom stereocenters. The number of nitrogens with one attached hydrogen (secondary N) is 1.